The number of aryl methyl sites for hydroxylation is 1. The number of fused-ring (bicyclic) bond motifs is 1. The van der Waals surface area contributed by atoms with Gasteiger partial charge in [0.05, 0.1) is 12.6 Å². The Morgan fingerprint density at radius 2 is 1.71 bits per heavy atom. The molecule has 0 aliphatic rings. The molecular formula is C22H22ClN5O3. The number of nitrogens with one attached hydrogen (secondary N) is 1. The zero-order valence-corrected chi connectivity index (χ0v) is 17.9. The molecule has 0 saturated carbocycles. The van der Waals surface area contributed by atoms with Gasteiger partial charge >= 0.3 is 5.69 Å². The van der Waals surface area contributed by atoms with Crippen LogP contribution in [0.4, 0.5) is 5.95 Å². The first-order valence-corrected chi connectivity index (χ1v) is 10.1. The third-order valence-corrected chi connectivity index (χ3v) is 5.49. The summed E-state index contributed by atoms with van der Waals surface area (Å²) in [5, 5.41) is 14.3. The minimum Gasteiger partial charge on any atom is -0.387 e. The lowest BCUT2D eigenvalue weighted by atomic mass is 10.1. The third-order valence-electron chi connectivity index (χ3n) is 5.24. The van der Waals surface area contributed by atoms with Crippen LogP contribution in [0.25, 0.3) is 11.2 Å². The fourth-order valence-electron chi connectivity index (χ4n) is 3.49. The Morgan fingerprint density at radius 1 is 1.03 bits per heavy atom. The molecule has 0 saturated heterocycles. The Morgan fingerprint density at radius 3 is 2.39 bits per heavy atom. The van der Waals surface area contributed by atoms with E-state index in [9.17, 15) is 14.7 Å². The minimum atomic E-state index is -0.767. The maximum Gasteiger partial charge on any atom is 0.332 e. The van der Waals surface area contributed by atoms with E-state index in [4.69, 9.17) is 11.6 Å². The van der Waals surface area contributed by atoms with E-state index in [2.05, 4.69) is 10.3 Å². The molecule has 31 heavy (non-hydrogen) atoms. The molecular weight excluding hydrogens is 418 g/mol. The smallest absolute Gasteiger partial charge is 0.332 e. The molecule has 2 aromatic carbocycles. The zero-order chi connectivity index (χ0) is 22.1. The highest BCUT2D eigenvalue weighted by atomic mass is 35.5. The largest absolute Gasteiger partial charge is 0.387 e. The topological polar surface area (TPSA) is 94.1 Å². The summed E-state index contributed by atoms with van der Waals surface area (Å²) in [5.41, 5.74) is 1.36. The molecule has 0 radical (unpaired) electrons. The van der Waals surface area contributed by atoms with Crippen LogP contribution in [0.15, 0.2) is 64.2 Å². The number of rotatable bonds is 6. The molecule has 0 aliphatic carbocycles. The van der Waals surface area contributed by atoms with E-state index in [0.717, 1.165) is 15.7 Å². The van der Waals surface area contributed by atoms with Gasteiger partial charge in [-0.05, 0) is 23.3 Å². The van der Waals surface area contributed by atoms with E-state index in [1.807, 2.05) is 42.5 Å². The number of anilines is 1. The van der Waals surface area contributed by atoms with Crippen molar-refractivity contribution in [2.24, 2.45) is 14.1 Å². The van der Waals surface area contributed by atoms with Crippen molar-refractivity contribution in [2.75, 3.05) is 11.9 Å². The molecule has 160 valence electrons. The molecule has 0 bridgehead atoms. The van der Waals surface area contributed by atoms with Gasteiger partial charge in [0.2, 0.25) is 5.95 Å². The van der Waals surface area contributed by atoms with Crippen LogP contribution in [0.1, 0.15) is 17.2 Å². The van der Waals surface area contributed by atoms with Crippen molar-refractivity contribution in [1.29, 1.82) is 0 Å². The van der Waals surface area contributed by atoms with Crippen LogP contribution in [0, 0.1) is 0 Å². The lowest BCUT2D eigenvalue weighted by molar-refractivity contribution is 0.191. The van der Waals surface area contributed by atoms with Crippen molar-refractivity contribution in [3.8, 4) is 0 Å². The molecule has 8 nitrogen and oxygen atoms in total. The standard InChI is InChI=1S/C22H22ClN5O3/c1-26-19-18(20(30)27(2)22(26)31)28(13-14-8-10-16(23)11-9-14)21(25-19)24-12-17(29)15-6-4-3-5-7-15/h3-11,17,29H,12-13H2,1-2H3,(H,24,25)/t17-/m0/s1. The van der Waals surface area contributed by atoms with Gasteiger partial charge in [0.1, 0.15) is 0 Å². The highest BCUT2D eigenvalue weighted by Crippen LogP contribution is 2.20. The lowest BCUT2D eigenvalue weighted by Gasteiger charge is -2.14. The minimum absolute atomic E-state index is 0.183. The number of aromatic nitrogens is 4. The molecule has 2 aromatic heterocycles. The number of nitrogens with zero attached hydrogens (tertiary/aromatic N) is 4. The second-order valence-corrected chi connectivity index (χ2v) is 7.77. The van der Waals surface area contributed by atoms with Gasteiger partial charge in [-0.1, -0.05) is 54.1 Å². The quantitative estimate of drug-likeness (QED) is 0.480. The van der Waals surface area contributed by atoms with Gasteiger partial charge in [-0.15, -0.1) is 0 Å². The Balaban J connectivity index is 1.78. The average Bonchev–Trinajstić information content (AvgIpc) is 3.15. The van der Waals surface area contributed by atoms with Gasteiger partial charge < -0.3 is 10.4 Å². The van der Waals surface area contributed by atoms with E-state index in [1.54, 1.807) is 23.7 Å². The highest BCUT2D eigenvalue weighted by molar-refractivity contribution is 6.30. The van der Waals surface area contributed by atoms with Crippen molar-refractivity contribution < 1.29 is 5.11 Å². The number of hydrogen-bond acceptors (Lipinski definition) is 5. The van der Waals surface area contributed by atoms with Crippen molar-refractivity contribution in [1.82, 2.24) is 18.7 Å². The zero-order valence-electron chi connectivity index (χ0n) is 17.1. The molecule has 2 N–H and O–H groups in total. The van der Waals surface area contributed by atoms with E-state index < -0.39 is 17.4 Å². The first-order valence-electron chi connectivity index (χ1n) is 9.74. The maximum absolute atomic E-state index is 12.9. The molecule has 0 fully saturated rings. The predicted molar refractivity (Wildman–Crippen MR) is 121 cm³/mol. The predicted octanol–water partition coefficient (Wildman–Crippen LogP) is 2.28. The Hall–Kier alpha value is -3.36. The summed E-state index contributed by atoms with van der Waals surface area (Å²) in [5.74, 6) is 0.387. The number of imidazole rings is 1. The number of halogens is 1. The Bertz CT molecular complexity index is 1340. The van der Waals surface area contributed by atoms with Gasteiger partial charge in [-0.25, -0.2) is 4.79 Å². The van der Waals surface area contributed by atoms with Gasteiger partial charge in [-0.2, -0.15) is 4.98 Å². The van der Waals surface area contributed by atoms with Crippen LogP contribution in [-0.2, 0) is 20.6 Å². The lowest BCUT2D eigenvalue weighted by Crippen LogP contribution is -2.37. The van der Waals surface area contributed by atoms with Crippen LogP contribution >= 0.6 is 11.6 Å². The molecule has 2 heterocycles. The van der Waals surface area contributed by atoms with Gasteiger partial charge in [0.15, 0.2) is 11.2 Å². The summed E-state index contributed by atoms with van der Waals surface area (Å²) in [6.07, 6.45) is -0.767. The summed E-state index contributed by atoms with van der Waals surface area (Å²) in [6.45, 7) is 0.521. The van der Waals surface area contributed by atoms with E-state index in [0.29, 0.717) is 23.0 Å². The second kappa shape index (κ2) is 8.41. The van der Waals surface area contributed by atoms with E-state index in [1.165, 1.54) is 11.6 Å². The molecule has 4 aromatic rings. The molecule has 0 unspecified atom stereocenters. The molecule has 0 amide bonds. The molecule has 0 aliphatic heterocycles. The summed E-state index contributed by atoms with van der Waals surface area (Å²) in [6, 6.07) is 16.5. The summed E-state index contributed by atoms with van der Waals surface area (Å²) >= 11 is 6.00. The van der Waals surface area contributed by atoms with Crippen molar-refractivity contribution in [3.63, 3.8) is 0 Å². The normalized spacial score (nSPS) is 12.3. The van der Waals surface area contributed by atoms with E-state index in [-0.39, 0.29) is 12.2 Å². The monoisotopic (exact) mass is 439 g/mol. The SMILES string of the molecule is Cn1c(=O)c2c(nc(NC[C@H](O)c3ccccc3)n2Cc2ccc(Cl)cc2)n(C)c1=O. The average molecular weight is 440 g/mol. The van der Waals surface area contributed by atoms with Crippen LogP contribution < -0.4 is 16.6 Å². The number of aliphatic hydroxyl groups excluding tert-OH is 1. The van der Waals surface area contributed by atoms with Gasteiger partial charge in [0.25, 0.3) is 5.56 Å². The number of hydrogen-bond donors (Lipinski definition) is 2. The highest BCUT2D eigenvalue weighted by Gasteiger charge is 2.20. The number of benzene rings is 2. The molecule has 9 heteroatoms. The molecule has 0 spiro atoms. The summed E-state index contributed by atoms with van der Waals surface area (Å²) in [7, 11) is 3.02. The third kappa shape index (κ3) is 3.99. The van der Waals surface area contributed by atoms with Crippen molar-refractivity contribution in [2.45, 2.75) is 12.6 Å². The van der Waals surface area contributed by atoms with Gasteiger partial charge in [-0.3, -0.25) is 18.5 Å². The van der Waals surface area contributed by atoms with E-state index >= 15 is 0 Å². The van der Waals surface area contributed by atoms with Crippen LogP contribution in [0.5, 0.6) is 0 Å². The van der Waals surface area contributed by atoms with Gasteiger partial charge in [0, 0.05) is 25.7 Å². The fourth-order valence-corrected chi connectivity index (χ4v) is 3.61. The maximum atomic E-state index is 12.9. The number of aliphatic hydroxyl groups is 1. The Labute approximate surface area is 183 Å². The molecule has 4 rings (SSSR count). The first kappa shape index (κ1) is 20.9. The van der Waals surface area contributed by atoms with Crippen LogP contribution in [-0.4, -0.2) is 30.3 Å². The van der Waals surface area contributed by atoms with Crippen LogP contribution in [0.3, 0.4) is 0 Å². The Kier molecular flexibility index (Phi) is 5.67. The first-order chi connectivity index (χ1) is 14.9. The molecule has 1 atom stereocenters. The summed E-state index contributed by atoms with van der Waals surface area (Å²) < 4.78 is 4.12. The second-order valence-electron chi connectivity index (χ2n) is 7.33. The summed E-state index contributed by atoms with van der Waals surface area (Å²) in [4.78, 5) is 29.8. The van der Waals surface area contributed by atoms with Crippen molar-refractivity contribution >= 4 is 28.7 Å². The van der Waals surface area contributed by atoms with Crippen LogP contribution in [0.2, 0.25) is 5.02 Å². The fraction of sp³-hybridized carbons (Fsp3) is 0.227. The van der Waals surface area contributed by atoms with Crippen molar-refractivity contribution in [3.05, 3.63) is 91.6 Å².